The number of thioether (sulfide) groups is 1. The maximum atomic E-state index is 3.56. The third-order valence-electron chi connectivity index (χ3n) is 4.77. The Bertz CT molecular complexity index is 221. The van der Waals surface area contributed by atoms with Gasteiger partial charge in [0.2, 0.25) is 0 Å². The molecule has 1 nitrogen and oxygen atoms in total. The first kappa shape index (κ1) is 16.7. The Morgan fingerprint density at radius 3 is 2.28 bits per heavy atom. The van der Waals surface area contributed by atoms with Crippen molar-refractivity contribution in [1.82, 2.24) is 5.32 Å². The molecule has 1 saturated carbocycles. The highest BCUT2D eigenvalue weighted by Crippen LogP contribution is 2.47. The van der Waals surface area contributed by atoms with Gasteiger partial charge < -0.3 is 5.32 Å². The Morgan fingerprint density at radius 2 is 1.72 bits per heavy atom. The molecule has 2 fully saturated rings. The molecule has 0 aromatic carbocycles. The minimum atomic E-state index is 0. The zero-order valence-corrected chi connectivity index (χ0v) is 13.7. The lowest BCUT2D eigenvalue weighted by Crippen LogP contribution is -2.44. The van der Waals surface area contributed by atoms with Gasteiger partial charge in [-0.1, -0.05) is 33.1 Å². The third kappa shape index (κ3) is 4.31. The Hall–Kier alpha value is 0.600. The summed E-state index contributed by atoms with van der Waals surface area (Å²) in [5.74, 6) is 2.45. The largest absolute Gasteiger partial charge is 0.317 e. The zero-order chi connectivity index (χ0) is 12.1. The molecule has 1 N–H and O–H groups in total. The van der Waals surface area contributed by atoms with Crippen molar-refractivity contribution in [3.8, 4) is 0 Å². The maximum absolute atomic E-state index is 3.56. The molecule has 1 saturated heterocycles. The monoisotopic (exact) mass is 291 g/mol. The molecule has 0 aromatic heterocycles. The fourth-order valence-corrected chi connectivity index (χ4v) is 4.83. The van der Waals surface area contributed by atoms with E-state index in [1.807, 2.05) is 0 Å². The number of hydrogen-bond acceptors (Lipinski definition) is 2. The molecule has 1 heterocycles. The van der Waals surface area contributed by atoms with Crippen molar-refractivity contribution in [3.05, 3.63) is 0 Å². The van der Waals surface area contributed by atoms with Crippen LogP contribution >= 0.6 is 24.2 Å². The summed E-state index contributed by atoms with van der Waals surface area (Å²) < 4.78 is 0. The van der Waals surface area contributed by atoms with Crippen LogP contribution in [0.5, 0.6) is 0 Å². The molecule has 108 valence electrons. The first-order valence-corrected chi connectivity index (χ1v) is 8.60. The molecule has 1 aliphatic heterocycles. The van der Waals surface area contributed by atoms with Crippen LogP contribution in [0.4, 0.5) is 0 Å². The van der Waals surface area contributed by atoms with E-state index in [2.05, 4.69) is 30.9 Å². The third-order valence-corrected chi connectivity index (χ3v) is 6.18. The van der Waals surface area contributed by atoms with Gasteiger partial charge >= 0.3 is 0 Å². The van der Waals surface area contributed by atoms with Crippen LogP contribution in [0.3, 0.4) is 0 Å². The lowest BCUT2D eigenvalue weighted by molar-refractivity contribution is 0.101. The van der Waals surface area contributed by atoms with Crippen molar-refractivity contribution < 1.29 is 0 Å². The van der Waals surface area contributed by atoms with Crippen LogP contribution in [0.2, 0.25) is 0 Å². The number of nitrogens with one attached hydrogen (secondary N) is 1. The molecule has 1 aliphatic carbocycles. The van der Waals surface area contributed by atoms with Gasteiger partial charge in [0.1, 0.15) is 0 Å². The summed E-state index contributed by atoms with van der Waals surface area (Å²) in [5.41, 5.74) is 0.681. The van der Waals surface area contributed by atoms with Gasteiger partial charge in [-0.15, -0.1) is 12.4 Å². The van der Waals surface area contributed by atoms with Gasteiger partial charge in [0.15, 0.2) is 0 Å². The molecular formula is C15H30ClNS. The summed E-state index contributed by atoms with van der Waals surface area (Å²) in [7, 11) is 0. The highest BCUT2D eigenvalue weighted by Gasteiger charge is 2.39. The summed E-state index contributed by atoms with van der Waals surface area (Å²) >= 11 is 2.20. The highest BCUT2D eigenvalue weighted by molar-refractivity contribution is 7.99. The second kappa shape index (κ2) is 8.01. The van der Waals surface area contributed by atoms with Gasteiger partial charge in [0, 0.05) is 0 Å². The maximum Gasteiger partial charge on any atom is -0.000462 e. The van der Waals surface area contributed by atoms with Crippen molar-refractivity contribution in [3.63, 3.8) is 0 Å². The molecular weight excluding hydrogens is 262 g/mol. The van der Waals surface area contributed by atoms with E-state index in [1.54, 1.807) is 0 Å². The fourth-order valence-electron chi connectivity index (χ4n) is 3.64. The van der Waals surface area contributed by atoms with Crippen molar-refractivity contribution >= 4 is 24.2 Å². The SMILES string of the molecule is CC(C)SCC1(C2CCCCC2)CCNCC1.Cl. The quantitative estimate of drug-likeness (QED) is 0.818. The van der Waals surface area contributed by atoms with Gasteiger partial charge in [0.25, 0.3) is 0 Å². The molecule has 2 aliphatic rings. The first-order valence-electron chi connectivity index (χ1n) is 7.55. The minimum Gasteiger partial charge on any atom is -0.317 e. The van der Waals surface area contributed by atoms with Gasteiger partial charge in [-0.2, -0.15) is 11.8 Å². The predicted molar refractivity (Wildman–Crippen MR) is 86.0 cm³/mol. The standard InChI is InChI=1S/C15H29NS.ClH/c1-13(2)17-12-15(8-10-16-11-9-15)14-6-4-3-5-7-14;/h13-14,16H,3-12H2,1-2H3;1H. The molecule has 18 heavy (non-hydrogen) atoms. The van der Waals surface area contributed by atoms with E-state index < -0.39 is 0 Å². The van der Waals surface area contributed by atoms with Crippen molar-refractivity contribution in [2.24, 2.45) is 11.3 Å². The summed E-state index contributed by atoms with van der Waals surface area (Å²) in [5, 5.41) is 4.35. The number of hydrogen-bond donors (Lipinski definition) is 1. The van der Waals surface area contributed by atoms with Crippen LogP contribution in [-0.4, -0.2) is 24.1 Å². The topological polar surface area (TPSA) is 12.0 Å². The smallest absolute Gasteiger partial charge is 0.000462 e. The van der Waals surface area contributed by atoms with E-state index in [1.165, 1.54) is 63.8 Å². The molecule has 0 amide bonds. The van der Waals surface area contributed by atoms with E-state index in [0.29, 0.717) is 5.41 Å². The molecule has 0 aromatic rings. The van der Waals surface area contributed by atoms with E-state index in [9.17, 15) is 0 Å². The van der Waals surface area contributed by atoms with Gasteiger partial charge in [-0.05, 0) is 61.1 Å². The Morgan fingerprint density at radius 1 is 1.11 bits per heavy atom. The van der Waals surface area contributed by atoms with E-state index in [4.69, 9.17) is 0 Å². The number of halogens is 1. The molecule has 0 radical (unpaired) electrons. The van der Waals surface area contributed by atoms with E-state index >= 15 is 0 Å². The lowest BCUT2D eigenvalue weighted by Gasteiger charge is -2.46. The minimum absolute atomic E-state index is 0. The van der Waals surface area contributed by atoms with Crippen LogP contribution in [0, 0.1) is 11.3 Å². The number of rotatable bonds is 4. The predicted octanol–water partition coefficient (Wildman–Crippen LogP) is 4.50. The lowest BCUT2D eigenvalue weighted by atomic mass is 9.65. The Labute approximate surface area is 124 Å². The van der Waals surface area contributed by atoms with Crippen LogP contribution in [0.15, 0.2) is 0 Å². The van der Waals surface area contributed by atoms with Crippen LogP contribution < -0.4 is 5.32 Å². The van der Waals surface area contributed by atoms with Crippen molar-refractivity contribution in [2.75, 3.05) is 18.8 Å². The van der Waals surface area contributed by atoms with Crippen LogP contribution in [0.25, 0.3) is 0 Å². The molecule has 0 bridgehead atoms. The molecule has 0 unspecified atom stereocenters. The highest BCUT2D eigenvalue weighted by atomic mass is 35.5. The fraction of sp³-hybridized carbons (Fsp3) is 1.00. The average molecular weight is 292 g/mol. The molecule has 0 spiro atoms. The van der Waals surface area contributed by atoms with Crippen LogP contribution in [0.1, 0.15) is 58.8 Å². The molecule has 2 rings (SSSR count). The van der Waals surface area contributed by atoms with E-state index in [0.717, 1.165) is 11.2 Å². The van der Waals surface area contributed by atoms with Gasteiger partial charge in [0.05, 0.1) is 0 Å². The molecule has 0 atom stereocenters. The zero-order valence-electron chi connectivity index (χ0n) is 12.0. The van der Waals surface area contributed by atoms with Crippen molar-refractivity contribution in [1.29, 1.82) is 0 Å². The first-order chi connectivity index (χ1) is 8.23. The summed E-state index contributed by atoms with van der Waals surface area (Å²) in [4.78, 5) is 0. The summed E-state index contributed by atoms with van der Waals surface area (Å²) in [6.45, 7) is 7.21. The van der Waals surface area contributed by atoms with E-state index in [-0.39, 0.29) is 12.4 Å². The Balaban J connectivity index is 0.00000162. The van der Waals surface area contributed by atoms with Gasteiger partial charge in [-0.3, -0.25) is 0 Å². The normalized spacial score (nSPS) is 24.8. The van der Waals surface area contributed by atoms with Crippen LogP contribution in [-0.2, 0) is 0 Å². The second-order valence-electron chi connectivity index (χ2n) is 6.31. The Kier molecular flexibility index (Phi) is 7.41. The van der Waals surface area contributed by atoms with Crippen molar-refractivity contribution in [2.45, 2.75) is 64.0 Å². The number of piperidine rings is 1. The van der Waals surface area contributed by atoms with Gasteiger partial charge in [-0.25, -0.2) is 0 Å². The second-order valence-corrected chi connectivity index (χ2v) is 7.87. The summed E-state index contributed by atoms with van der Waals surface area (Å²) in [6, 6.07) is 0. The average Bonchev–Trinajstić information content (AvgIpc) is 2.39. The summed E-state index contributed by atoms with van der Waals surface area (Å²) in [6.07, 6.45) is 10.4. The molecule has 3 heteroatoms.